The zero-order chi connectivity index (χ0) is 21.3. The van der Waals surface area contributed by atoms with Gasteiger partial charge in [0.2, 0.25) is 0 Å². The fraction of sp³-hybridized carbons (Fsp3) is 0.364. The van der Waals surface area contributed by atoms with Crippen LogP contribution in [0, 0.1) is 6.92 Å². The number of hydrogen-bond donors (Lipinski definition) is 0. The Kier molecular flexibility index (Phi) is 5.39. The van der Waals surface area contributed by atoms with Crippen molar-refractivity contribution in [1.82, 2.24) is 24.5 Å². The molecule has 0 bridgehead atoms. The average Bonchev–Trinajstić information content (AvgIpc) is 3.12. The minimum Gasteiger partial charge on any atom is -0.496 e. The van der Waals surface area contributed by atoms with Crippen LogP contribution in [-0.2, 0) is 7.05 Å². The Labute approximate surface area is 174 Å². The predicted molar refractivity (Wildman–Crippen MR) is 113 cm³/mol. The third-order valence-corrected chi connectivity index (χ3v) is 5.70. The quantitative estimate of drug-likeness (QED) is 0.663. The summed E-state index contributed by atoms with van der Waals surface area (Å²) in [6.45, 7) is 2.98. The van der Waals surface area contributed by atoms with Crippen LogP contribution in [0.1, 0.15) is 34.9 Å². The lowest BCUT2D eigenvalue weighted by atomic mass is 10.0. The normalized spacial score (nSPS) is 16.5. The molecule has 1 amide bonds. The number of nitrogens with zero attached hydrogens (tertiary/aromatic N) is 5. The molecule has 1 aliphatic heterocycles. The van der Waals surface area contributed by atoms with Gasteiger partial charge >= 0.3 is 0 Å². The number of aromatic nitrogens is 4. The zero-order valence-corrected chi connectivity index (χ0v) is 17.4. The van der Waals surface area contributed by atoms with Crippen molar-refractivity contribution in [2.24, 2.45) is 7.05 Å². The molecule has 0 saturated carbocycles. The smallest absolute Gasteiger partial charge is 0.267 e. The molecule has 1 fully saturated rings. The summed E-state index contributed by atoms with van der Waals surface area (Å²) in [6.07, 6.45) is 3.20. The molecule has 30 heavy (non-hydrogen) atoms. The van der Waals surface area contributed by atoms with Gasteiger partial charge in [0, 0.05) is 37.5 Å². The highest BCUT2D eigenvalue weighted by molar-refractivity contribution is 5.95. The van der Waals surface area contributed by atoms with Crippen molar-refractivity contribution in [1.29, 1.82) is 0 Å². The van der Waals surface area contributed by atoms with Crippen LogP contribution < -0.4 is 10.3 Å². The largest absolute Gasteiger partial charge is 0.496 e. The van der Waals surface area contributed by atoms with Gasteiger partial charge in [-0.3, -0.25) is 14.3 Å². The fourth-order valence-corrected chi connectivity index (χ4v) is 3.90. The second kappa shape index (κ2) is 8.14. The Morgan fingerprint density at radius 3 is 2.73 bits per heavy atom. The highest BCUT2D eigenvalue weighted by atomic mass is 16.5. The molecule has 3 heterocycles. The maximum Gasteiger partial charge on any atom is 0.267 e. The van der Waals surface area contributed by atoms with Crippen LogP contribution in [0.25, 0.3) is 11.3 Å². The van der Waals surface area contributed by atoms with E-state index in [0.29, 0.717) is 30.1 Å². The molecule has 0 spiro atoms. The summed E-state index contributed by atoms with van der Waals surface area (Å²) in [5, 5.41) is 8.81. The summed E-state index contributed by atoms with van der Waals surface area (Å²) in [5.41, 5.74) is 2.74. The van der Waals surface area contributed by atoms with Gasteiger partial charge in [0.1, 0.15) is 5.75 Å². The number of carbonyl (C=O) groups is 1. The van der Waals surface area contributed by atoms with E-state index in [4.69, 9.17) is 4.74 Å². The summed E-state index contributed by atoms with van der Waals surface area (Å²) < 4.78 is 8.64. The first-order valence-electron chi connectivity index (χ1n) is 10.0. The van der Waals surface area contributed by atoms with Crippen molar-refractivity contribution in [3.05, 3.63) is 64.2 Å². The number of rotatable bonds is 4. The van der Waals surface area contributed by atoms with E-state index >= 15 is 0 Å². The second-order valence-corrected chi connectivity index (χ2v) is 7.52. The molecule has 1 saturated heterocycles. The number of amides is 1. The Morgan fingerprint density at radius 2 is 2.00 bits per heavy atom. The second-order valence-electron chi connectivity index (χ2n) is 7.52. The Hall–Kier alpha value is -3.42. The van der Waals surface area contributed by atoms with Crippen molar-refractivity contribution in [3.8, 4) is 17.0 Å². The molecule has 0 aliphatic carbocycles. The lowest BCUT2D eigenvalue weighted by Gasteiger charge is -2.33. The molecule has 1 aliphatic rings. The van der Waals surface area contributed by atoms with Gasteiger partial charge in [0.25, 0.3) is 11.5 Å². The number of likely N-dealkylation sites (tertiary alicyclic amines) is 1. The van der Waals surface area contributed by atoms with E-state index < -0.39 is 0 Å². The Bertz CT molecular complexity index is 1130. The number of hydrogen-bond acceptors (Lipinski definition) is 5. The number of ether oxygens (including phenoxy) is 1. The van der Waals surface area contributed by atoms with Gasteiger partial charge in [-0.25, -0.2) is 4.68 Å². The highest BCUT2D eigenvalue weighted by Gasteiger charge is 2.28. The lowest BCUT2D eigenvalue weighted by Crippen LogP contribution is -2.43. The Morgan fingerprint density at radius 1 is 1.20 bits per heavy atom. The SMILES string of the molecule is COc1ccccc1-c1ccc(=O)n([C@@H]2CCCN(C(=O)c3cnn(C)c3C)C2)n1. The number of piperidine rings is 1. The van der Waals surface area contributed by atoms with Crippen molar-refractivity contribution < 1.29 is 9.53 Å². The molecule has 2 aromatic heterocycles. The number of methoxy groups -OCH3 is 1. The van der Waals surface area contributed by atoms with Gasteiger partial charge in [0.15, 0.2) is 0 Å². The third kappa shape index (κ3) is 3.60. The number of aryl methyl sites for hydroxylation is 1. The van der Waals surface area contributed by atoms with E-state index in [9.17, 15) is 9.59 Å². The molecule has 1 atom stereocenters. The van der Waals surface area contributed by atoms with Crippen molar-refractivity contribution in [2.45, 2.75) is 25.8 Å². The topological polar surface area (TPSA) is 82.3 Å². The average molecular weight is 407 g/mol. The van der Waals surface area contributed by atoms with Crippen LogP contribution in [0.4, 0.5) is 0 Å². The van der Waals surface area contributed by atoms with Crippen molar-refractivity contribution in [3.63, 3.8) is 0 Å². The minimum absolute atomic E-state index is 0.0563. The molecule has 0 N–H and O–H groups in total. The summed E-state index contributed by atoms with van der Waals surface area (Å²) in [6, 6.07) is 10.6. The van der Waals surface area contributed by atoms with Crippen LogP contribution in [0.15, 0.2) is 47.4 Å². The molecular weight excluding hydrogens is 382 g/mol. The summed E-state index contributed by atoms with van der Waals surface area (Å²) in [7, 11) is 3.43. The van der Waals surface area contributed by atoms with Gasteiger partial charge in [-0.15, -0.1) is 0 Å². The van der Waals surface area contributed by atoms with Crippen LogP contribution >= 0.6 is 0 Å². The van der Waals surface area contributed by atoms with E-state index in [1.165, 1.54) is 10.7 Å². The predicted octanol–water partition coefficient (Wildman–Crippen LogP) is 2.44. The molecule has 0 radical (unpaired) electrons. The third-order valence-electron chi connectivity index (χ3n) is 5.70. The van der Waals surface area contributed by atoms with Crippen LogP contribution in [0.2, 0.25) is 0 Å². The molecule has 156 valence electrons. The first-order chi connectivity index (χ1) is 14.5. The van der Waals surface area contributed by atoms with E-state index in [-0.39, 0.29) is 17.5 Å². The van der Waals surface area contributed by atoms with Gasteiger partial charge in [-0.2, -0.15) is 10.2 Å². The zero-order valence-electron chi connectivity index (χ0n) is 17.4. The van der Waals surface area contributed by atoms with E-state index in [1.807, 2.05) is 38.2 Å². The van der Waals surface area contributed by atoms with Gasteiger partial charge in [-0.05, 0) is 38.0 Å². The maximum atomic E-state index is 13.0. The van der Waals surface area contributed by atoms with Gasteiger partial charge in [0.05, 0.1) is 30.6 Å². The van der Waals surface area contributed by atoms with E-state index in [1.54, 1.807) is 29.0 Å². The molecule has 0 unspecified atom stereocenters. The number of para-hydroxylation sites is 1. The molecule has 3 aromatic rings. The first-order valence-corrected chi connectivity index (χ1v) is 10.0. The molecular formula is C22H25N5O3. The fourth-order valence-electron chi connectivity index (χ4n) is 3.90. The first kappa shape index (κ1) is 19.9. The summed E-state index contributed by atoms with van der Waals surface area (Å²) in [5.74, 6) is 0.641. The maximum absolute atomic E-state index is 13.0. The van der Waals surface area contributed by atoms with Crippen LogP contribution in [0.5, 0.6) is 5.75 Å². The number of benzene rings is 1. The van der Waals surface area contributed by atoms with Crippen LogP contribution in [0.3, 0.4) is 0 Å². The molecule has 8 nitrogen and oxygen atoms in total. The van der Waals surface area contributed by atoms with Gasteiger partial charge < -0.3 is 9.64 Å². The molecule has 8 heteroatoms. The van der Waals surface area contributed by atoms with Crippen molar-refractivity contribution in [2.75, 3.05) is 20.2 Å². The molecule has 1 aromatic carbocycles. The standard InChI is InChI=1S/C22H25N5O3/c1-15-18(13-23-25(15)2)22(29)26-12-6-7-16(14-26)27-21(28)11-10-19(24-27)17-8-4-5-9-20(17)30-3/h4-5,8-11,13,16H,6-7,12,14H2,1-3H3/t16-/m1/s1. The van der Waals surface area contributed by atoms with Gasteiger partial charge in [-0.1, -0.05) is 12.1 Å². The highest BCUT2D eigenvalue weighted by Crippen LogP contribution is 2.28. The van der Waals surface area contributed by atoms with Crippen molar-refractivity contribution >= 4 is 5.91 Å². The van der Waals surface area contributed by atoms with Crippen LogP contribution in [-0.4, -0.2) is 50.6 Å². The summed E-state index contributed by atoms with van der Waals surface area (Å²) in [4.78, 5) is 27.4. The summed E-state index contributed by atoms with van der Waals surface area (Å²) >= 11 is 0. The van der Waals surface area contributed by atoms with E-state index in [0.717, 1.165) is 24.1 Å². The molecule has 4 rings (SSSR count). The Balaban J connectivity index is 1.63. The van der Waals surface area contributed by atoms with E-state index in [2.05, 4.69) is 10.2 Å². The lowest BCUT2D eigenvalue weighted by molar-refractivity contribution is 0.0669. The number of carbonyl (C=O) groups excluding carboxylic acids is 1. The monoisotopic (exact) mass is 407 g/mol. The minimum atomic E-state index is -0.179.